The molecule has 1 saturated heterocycles. The van der Waals surface area contributed by atoms with Crippen LogP contribution >= 0.6 is 0 Å². The molecule has 1 aromatic heterocycles. The number of piperidine rings is 1. The predicted molar refractivity (Wildman–Crippen MR) is 62.0 cm³/mol. The quantitative estimate of drug-likeness (QED) is 0.776. The fraction of sp³-hybridized carbons (Fsp3) is 0.636. The summed E-state index contributed by atoms with van der Waals surface area (Å²) in [7, 11) is 1.82. The van der Waals surface area contributed by atoms with Gasteiger partial charge in [0.25, 0.3) is 0 Å². The fourth-order valence-electron chi connectivity index (χ4n) is 2.09. The predicted octanol–water partition coefficient (Wildman–Crippen LogP) is 0.747. The summed E-state index contributed by atoms with van der Waals surface area (Å²) in [5.74, 6) is 0.985. The van der Waals surface area contributed by atoms with Gasteiger partial charge < -0.3 is 10.6 Å². The molecule has 2 N–H and O–H groups in total. The minimum atomic E-state index is 0.108. The normalized spacial score (nSPS) is 25.4. The first-order valence-corrected chi connectivity index (χ1v) is 5.69. The number of nitrogens with zero attached hydrogens (tertiary/aromatic N) is 2. The van der Waals surface area contributed by atoms with Crippen molar-refractivity contribution in [2.75, 3.05) is 11.9 Å². The van der Waals surface area contributed by atoms with E-state index >= 15 is 0 Å². The standard InChI is InChI=1S/C11H18N4O/c1-8-7-9(3-5-12-8)11(16)14-10-4-6-13-15(10)2/h4,6,8-9,12H,3,5,7H2,1-2H3,(H,14,16). The molecule has 1 fully saturated rings. The minimum Gasteiger partial charge on any atom is -0.314 e. The maximum absolute atomic E-state index is 12.0. The zero-order valence-electron chi connectivity index (χ0n) is 9.73. The zero-order chi connectivity index (χ0) is 11.5. The average Bonchev–Trinajstić information content (AvgIpc) is 2.64. The molecule has 2 heterocycles. The summed E-state index contributed by atoms with van der Waals surface area (Å²) in [5, 5.41) is 10.3. The Morgan fingerprint density at radius 1 is 1.69 bits per heavy atom. The number of anilines is 1. The fourth-order valence-corrected chi connectivity index (χ4v) is 2.09. The number of nitrogens with one attached hydrogen (secondary N) is 2. The van der Waals surface area contributed by atoms with Crippen molar-refractivity contribution in [2.24, 2.45) is 13.0 Å². The third-order valence-corrected chi connectivity index (χ3v) is 3.07. The maximum atomic E-state index is 12.0. The summed E-state index contributed by atoms with van der Waals surface area (Å²) < 4.78 is 1.67. The highest BCUT2D eigenvalue weighted by Gasteiger charge is 2.24. The number of carbonyl (C=O) groups is 1. The first-order valence-electron chi connectivity index (χ1n) is 5.69. The summed E-state index contributed by atoms with van der Waals surface area (Å²) in [6.07, 6.45) is 3.50. The molecule has 1 aliphatic rings. The third kappa shape index (κ3) is 2.41. The second-order valence-electron chi connectivity index (χ2n) is 4.41. The zero-order valence-corrected chi connectivity index (χ0v) is 9.73. The Hall–Kier alpha value is -1.36. The second-order valence-corrected chi connectivity index (χ2v) is 4.41. The van der Waals surface area contributed by atoms with Crippen LogP contribution in [0.4, 0.5) is 5.82 Å². The number of rotatable bonds is 2. The first kappa shape index (κ1) is 11.1. The average molecular weight is 222 g/mol. The van der Waals surface area contributed by atoms with Crippen LogP contribution in [0.2, 0.25) is 0 Å². The van der Waals surface area contributed by atoms with Gasteiger partial charge in [0.15, 0.2) is 0 Å². The molecule has 1 aromatic rings. The van der Waals surface area contributed by atoms with Crippen LogP contribution in [0.25, 0.3) is 0 Å². The van der Waals surface area contributed by atoms with Crippen molar-refractivity contribution in [2.45, 2.75) is 25.8 Å². The highest BCUT2D eigenvalue weighted by atomic mass is 16.2. The molecule has 1 aliphatic heterocycles. The number of carbonyl (C=O) groups excluding carboxylic acids is 1. The van der Waals surface area contributed by atoms with Crippen molar-refractivity contribution in [3.63, 3.8) is 0 Å². The molecular formula is C11H18N4O. The van der Waals surface area contributed by atoms with E-state index in [4.69, 9.17) is 0 Å². The maximum Gasteiger partial charge on any atom is 0.228 e. The number of amides is 1. The van der Waals surface area contributed by atoms with Crippen LogP contribution in [0.3, 0.4) is 0 Å². The Kier molecular flexibility index (Phi) is 3.24. The molecule has 0 radical (unpaired) electrons. The molecule has 2 atom stereocenters. The number of hydrogen-bond donors (Lipinski definition) is 2. The highest BCUT2D eigenvalue weighted by molar-refractivity contribution is 5.91. The van der Waals surface area contributed by atoms with E-state index in [1.165, 1.54) is 0 Å². The van der Waals surface area contributed by atoms with E-state index < -0.39 is 0 Å². The van der Waals surface area contributed by atoms with Crippen molar-refractivity contribution in [3.05, 3.63) is 12.3 Å². The molecule has 88 valence electrons. The Morgan fingerprint density at radius 2 is 2.50 bits per heavy atom. The highest BCUT2D eigenvalue weighted by Crippen LogP contribution is 2.18. The van der Waals surface area contributed by atoms with Gasteiger partial charge in [-0.05, 0) is 26.3 Å². The van der Waals surface area contributed by atoms with Gasteiger partial charge in [-0.25, -0.2) is 0 Å². The molecule has 0 saturated carbocycles. The van der Waals surface area contributed by atoms with Crippen molar-refractivity contribution < 1.29 is 4.79 Å². The first-order chi connectivity index (χ1) is 7.66. The molecule has 0 aliphatic carbocycles. The van der Waals surface area contributed by atoms with Crippen molar-refractivity contribution >= 4 is 11.7 Å². The Balaban J connectivity index is 1.95. The van der Waals surface area contributed by atoms with Crippen molar-refractivity contribution in [1.29, 1.82) is 0 Å². The van der Waals surface area contributed by atoms with E-state index in [1.807, 2.05) is 13.1 Å². The lowest BCUT2D eigenvalue weighted by atomic mass is 9.92. The smallest absolute Gasteiger partial charge is 0.228 e. The molecule has 0 aromatic carbocycles. The second kappa shape index (κ2) is 4.65. The summed E-state index contributed by atoms with van der Waals surface area (Å²) in [4.78, 5) is 12.0. The van der Waals surface area contributed by atoms with Crippen LogP contribution in [0.15, 0.2) is 12.3 Å². The minimum absolute atomic E-state index is 0.108. The van der Waals surface area contributed by atoms with E-state index in [9.17, 15) is 4.79 Å². The number of hydrogen-bond acceptors (Lipinski definition) is 3. The Labute approximate surface area is 95.2 Å². The van der Waals surface area contributed by atoms with Crippen LogP contribution in [-0.4, -0.2) is 28.3 Å². The van der Waals surface area contributed by atoms with Crippen LogP contribution in [-0.2, 0) is 11.8 Å². The van der Waals surface area contributed by atoms with E-state index in [-0.39, 0.29) is 11.8 Å². The summed E-state index contributed by atoms with van der Waals surface area (Å²) >= 11 is 0. The van der Waals surface area contributed by atoms with Gasteiger partial charge in [-0.15, -0.1) is 0 Å². The Morgan fingerprint density at radius 3 is 3.12 bits per heavy atom. The lowest BCUT2D eigenvalue weighted by molar-refractivity contribution is -0.120. The molecule has 2 unspecified atom stereocenters. The van der Waals surface area contributed by atoms with Gasteiger partial charge in [-0.1, -0.05) is 0 Å². The van der Waals surface area contributed by atoms with Crippen LogP contribution in [0.1, 0.15) is 19.8 Å². The largest absolute Gasteiger partial charge is 0.314 e. The molecule has 0 spiro atoms. The van der Waals surface area contributed by atoms with Gasteiger partial charge >= 0.3 is 0 Å². The van der Waals surface area contributed by atoms with Gasteiger partial charge in [-0.3, -0.25) is 9.48 Å². The topological polar surface area (TPSA) is 59.0 Å². The van der Waals surface area contributed by atoms with E-state index in [0.717, 1.165) is 25.2 Å². The van der Waals surface area contributed by atoms with E-state index in [2.05, 4.69) is 22.7 Å². The van der Waals surface area contributed by atoms with Gasteiger partial charge in [0.05, 0.1) is 6.20 Å². The molecule has 0 bridgehead atoms. The molecule has 2 rings (SSSR count). The summed E-state index contributed by atoms with van der Waals surface area (Å²) in [6.45, 7) is 3.04. The summed E-state index contributed by atoms with van der Waals surface area (Å²) in [5.41, 5.74) is 0. The molecule has 1 amide bonds. The SMILES string of the molecule is CC1CC(C(=O)Nc2ccnn2C)CCN1. The Bertz CT molecular complexity index is 374. The van der Waals surface area contributed by atoms with E-state index in [1.54, 1.807) is 10.9 Å². The monoisotopic (exact) mass is 222 g/mol. The van der Waals surface area contributed by atoms with Crippen molar-refractivity contribution in [1.82, 2.24) is 15.1 Å². The van der Waals surface area contributed by atoms with Gasteiger partial charge in [0.1, 0.15) is 5.82 Å². The van der Waals surface area contributed by atoms with Crippen molar-refractivity contribution in [3.8, 4) is 0 Å². The third-order valence-electron chi connectivity index (χ3n) is 3.07. The number of aryl methyl sites for hydroxylation is 1. The molecular weight excluding hydrogens is 204 g/mol. The van der Waals surface area contributed by atoms with Crippen LogP contribution in [0.5, 0.6) is 0 Å². The molecule has 5 nitrogen and oxygen atoms in total. The van der Waals surface area contributed by atoms with Crippen LogP contribution < -0.4 is 10.6 Å². The number of aromatic nitrogens is 2. The summed E-state index contributed by atoms with van der Waals surface area (Å²) in [6, 6.07) is 2.23. The van der Waals surface area contributed by atoms with Gasteiger partial charge in [0, 0.05) is 25.1 Å². The lowest BCUT2D eigenvalue weighted by Crippen LogP contribution is -2.40. The van der Waals surface area contributed by atoms with E-state index in [0.29, 0.717) is 6.04 Å². The van der Waals surface area contributed by atoms with Gasteiger partial charge in [0.2, 0.25) is 5.91 Å². The van der Waals surface area contributed by atoms with Gasteiger partial charge in [-0.2, -0.15) is 5.10 Å². The lowest BCUT2D eigenvalue weighted by Gasteiger charge is -2.26. The molecule has 5 heteroatoms. The van der Waals surface area contributed by atoms with Crippen LogP contribution in [0, 0.1) is 5.92 Å². The molecule has 16 heavy (non-hydrogen) atoms.